The van der Waals surface area contributed by atoms with E-state index in [1.54, 1.807) is 87.0 Å². The standard InChI is InChI=1S/C50H84N12O10S4.C33H48N8O8.C15H29N3O4S/c1-28(2)19-33(21-31(6)63)43(65)61-39(25-73)49(71)56-34(11-8-9-12-41(51)52)44(66)60-38(23-42(53)64)48(70)62-40-27-76-17-10-16-75-26-30(5)55-46(68)37(22-32-13-15-54-24-32)59-47(69)36(20-29(3)4)58-45(67)35(14-18-74-7)57-50(40)72;1-6-19(4)28(29(34)45)41-33(49)23(12-18(2)3)38-30(46)24(13-21-10-8-7-9-11-21)39-32(48)26(15-27(43)44)40-31(47)25(37-20(5)42)14-22-16-35-17-36-22;1-9(2)13(17-11(4)20)15(22)18-12(8-19)14(21)16-10(3)6-7-23-5/h15,24,28-30,33-40,73H,8-14,16-23,25-27H2,1-7H3,(H3,51,52)(H2,53,64)(H,55,68)(H,56,71)(H,57,72)(H,58,67)(H,59,69)(H,60,66)(H,61,65)(H,62,70);7-11,16-19,23-26,28H,6,12-15H2,1-5H3,(H2,34,45)(H,35,36)(H,37,42)(H,38,46)(H,39,48)(H,40,47)(H,41,49)(H,43,44);9-10,12-13,19H,6-8H2,1-5H3,(H,16,21)(H,17,20)(H,18,22)/t30-,33-,34+,35-,36+,37-,38+,39+,40?;19-,23?,24-,25-,26-,28-;10-,12+,13+/m101/s1. The van der Waals surface area contributed by atoms with Gasteiger partial charge in [-0.05, 0) is 155 Å². The number of nitrogens with one attached hydrogen (secondary N) is 18. The number of carboxylic acids is 1. The van der Waals surface area contributed by atoms with Crippen molar-refractivity contribution in [1.29, 1.82) is 5.41 Å². The number of nitrogens with two attached hydrogens (primary N) is 3. The molecule has 18 atom stereocenters. The molecule has 0 spiro atoms. The minimum Gasteiger partial charge on any atom is -0.481 e. The lowest BCUT2D eigenvalue weighted by Gasteiger charge is -2.28. The normalized spacial score (nSPS) is 18.3. The van der Waals surface area contributed by atoms with Gasteiger partial charge in [0.15, 0.2) is 0 Å². The Bertz CT molecular complexity index is 4710. The number of carbonyl (C=O) groups is 20. The summed E-state index contributed by atoms with van der Waals surface area (Å²) >= 11 is 10.3. The highest BCUT2D eigenvalue weighted by atomic mass is 32.2. The molecular weight excluding hydrogens is 2010 g/mol. The lowest BCUT2D eigenvalue weighted by Crippen LogP contribution is -2.61. The number of rotatable bonds is 57. The van der Waals surface area contributed by atoms with Crippen LogP contribution in [0.2, 0.25) is 0 Å². The van der Waals surface area contributed by atoms with Gasteiger partial charge in [-0.3, -0.25) is 101 Å². The molecule has 2 aromatic rings. The zero-order valence-corrected chi connectivity index (χ0v) is 92.2. The fourth-order valence-electron chi connectivity index (χ4n) is 15.1. The molecule has 2 unspecified atom stereocenters. The van der Waals surface area contributed by atoms with Crippen LogP contribution in [0, 0.1) is 40.9 Å². The van der Waals surface area contributed by atoms with Crippen LogP contribution < -0.4 is 102 Å². The SMILES string of the molecule is CC[C@H](C)[C@H](NC(=O)C(CC(C)C)NC(=O)[C@H](Cc1ccccc1)NC(=O)[C@H](CC(=O)O)NC(=O)[C@H](Cc1cnc[nH]1)NC(C)=O)C(N)=O.CSCC[C@@H](C)NC(=O)[C@H](CO)NC(=O)[C@@H](NC(C)=O)C(C)C.CSCC[C@H]1NC(=O)C(NC(=O)[C@H](CC(N)=O)NC(=O)[C@H](CCCCC(=N)N)NC(=O)[C@H](CS)NC(=O)[C@@H](CC(C)=O)CC(C)C)CSCCCSC[C@@H](C)NC(=O)[C@@H](CC2=CN=CC2)NC(=O)[C@H](CC(C)C)NC1=O. The van der Waals surface area contributed by atoms with Crippen LogP contribution in [-0.4, -0.2) is 306 Å². The number of primary amides is 2. The molecule has 4 rings (SSSR count). The number of unbranched alkanes of at least 4 members (excludes halogenated alkanes) is 1. The van der Waals surface area contributed by atoms with E-state index in [1.807, 2.05) is 74.8 Å². The van der Waals surface area contributed by atoms with Crippen molar-refractivity contribution < 1.29 is 106 Å². The quantitative estimate of drug-likeness (QED) is 0.0189. The second-order valence-corrected chi connectivity index (χ2v) is 43.0. The first-order valence-corrected chi connectivity index (χ1v) is 55.5. The van der Waals surface area contributed by atoms with Gasteiger partial charge < -0.3 is 122 Å². The van der Waals surface area contributed by atoms with Gasteiger partial charge in [0.2, 0.25) is 106 Å². The van der Waals surface area contributed by atoms with Gasteiger partial charge >= 0.3 is 5.97 Å². The molecule has 2 aliphatic rings. The molecule has 3 heterocycles. The van der Waals surface area contributed by atoms with Gasteiger partial charge in [-0.25, -0.2) is 4.98 Å². The predicted octanol–water partition coefficient (Wildman–Crippen LogP) is 0.818. The number of carbonyl (C=O) groups excluding carboxylic acids is 19. The van der Waals surface area contributed by atoms with Crippen molar-refractivity contribution in [2.45, 2.75) is 316 Å². The van der Waals surface area contributed by atoms with Crippen molar-refractivity contribution in [3.8, 4) is 0 Å². The van der Waals surface area contributed by atoms with Crippen molar-refractivity contribution in [1.82, 2.24) is 95.0 Å². The van der Waals surface area contributed by atoms with Gasteiger partial charge in [-0.1, -0.05) is 112 Å². The summed E-state index contributed by atoms with van der Waals surface area (Å²) in [6, 6.07) is -8.45. The van der Waals surface area contributed by atoms with E-state index in [0.717, 1.165) is 17.7 Å². The van der Waals surface area contributed by atoms with E-state index in [-0.39, 0.29) is 141 Å². The Morgan fingerprint density at radius 1 is 0.554 bits per heavy atom. The maximum absolute atomic E-state index is 14.4. The van der Waals surface area contributed by atoms with Crippen molar-refractivity contribution in [2.24, 2.45) is 57.7 Å². The van der Waals surface area contributed by atoms with E-state index in [9.17, 15) is 106 Å². The number of carboxylic acid groups (broad SMARTS) is 1. The number of thiol groups is 1. The number of amides is 18. The van der Waals surface area contributed by atoms with E-state index in [0.29, 0.717) is 66.4 Å². The van der Waals surface area contributed by atoms with Crippen molar-refractivity contribution in [3.63, 3.8) is 0 Å². The maximum atomic E-state index is 14.4. The first-order valence-electron chi connectivity index (χ1n) is 49.7. The highest BCUT2D eigenvalue weighted by Crippen LogP contribution is 2.22. The molecule has 830 valence electrons. The lowest BCUT2D eigenvalue weighted by molar-refractivity contribution is -0.141. The van der Waals surface area contributed by atoms with Gasteiger partial charge in [0.1, 0.15) is 90.4 Å². The Hall–Kier alpha value is -11.4. The number of hydrogen-bond acceptors (Lipinski definition) is 29. The highest BCUT2D eigenvalue weighted by molar-refractivity contribution is 8.00. The molecule has 0 bridgehead atoms. The number of thioether (sulfide) groups is 4. The number of Topliss-reactive ketones (excluding diaryl/α,β-unsaturated/α-hetero) is 1. The molecule has 1 aromatic heterocycles. The molecular formula is C98H161N23O22S5. The number of aliphatic imine (C=N–C) groups is 1. The number of H-pyrrole nitrogens is 1. The highest BCUT2D eigenvalue weighted by Gasteiger charge is 2.40. The number of aromatic amines is 1. The van der Waals surface area contributed by atoms with Crippen LogP contribution in [0.15, 0.2) is 59.6 Å². The van der Waals surface area contributed by atoms with Crippen LogP contribution in [0.4, 0.5) is 0 Å². The average molecular weight is 2170 g/mol. The molecule has 0 aliphatic carbocycles. The number of aliphatic carboxylic acids is 1. The zero-order chi connectivity index (χ0) is 112. The van der Waals surface area contributed by atoms with E-state index >= 15 is 0 Å². The summed E-state index contributed by atoms with van der Waals surface area (Å²) in [5.74, 6) is -12.2. The van der Waals surface area contributed by atoms with Crippen LogP contribution in [0.5, 0.6) is 0 Å². The van der Waals surface area contributed by atoms with Crippen LogP contribution in [0.25, 0.3) is 0 Å². The number of amidine groups is 1. The molecule has 1 fully saturated rings. The van der Waals surface area contributed by atoms with Crippen molar-refractivity contribution in [3.05, 3.63) is 65.9 Å². The van der Waals surface area contributed by atoms with Crippen LogP contribution in [0.1, 0.15) is 218 Å². The van der Waals surface area contributed by atoms with Crippen LogP contribution >= 0.6 is 59.7 Å². The van der Waals surface area contributed by atoms with Gasteiger partial charge in [0.25, 0.3) is 0 Å². The average Bonchev–Trinajstić information content (AvgIpc) is 1.24. The van der Waals surface area contributed by atoms with Gasteiger partial charge in [-0.15, -0.1) is 0 Å². The smallest absolute Gasteiger partial charge is 0.305 e. The first kappa shape index (κ1) is 133. The maximum Gasteiger partial charge on any atom is 0.305 e. The summed E-state index contributed by atoms with van der Waals surface area (Å²) in [6.07, 6.45) is 12.8. The molecule has 0 saturated carbocycles. The van der Waals surface area contributed by atoms with Gasteiger partial charge in [0, 0.05) is 106 Å². The molecule has 0 radical (unpaired) electrons. The fraction of sp³-hybridized carbons (Fsp3) is 0.663. The summed E-state index contributed by atoms with van der Waals surface area (Å²) < 4.78 is 0. The number of ketones is 1. The minimum absolute atomic E-state index is 0.000156. The molecule has 50 heteroatoms. The third kappa shape index (κ3) is 54.7. The Balaban J connectivity index is 0.000000869. The largest absolute Gasteiger partial charge is 0.481 e. The number of nitrogens with zero attached hydrogens (tertiary/aromatic N) is 2. The lowest BCUT2D eigenvalue weighted by atomic mass is 9.91. The third-order valence-electron chi connectivity index (χ3n) is 23.0. The van der Waals surface area contributed by atoms with E-state index in [4.69, 9.17) is 22.6 Å². The zero-order valence-electron chi connectivity index (χ0n) is 88.0. The molecule has 2 aliphatic heterocycles. The topological polar surface area (TPSA) is 717 Å². The Morgan fingerprint density at radius 3 is 1.62 bits per heavy atom. The minimum atomic E-state index is -1.66. The molecule has 26 N–H and O–H groups in total. The van der Waals surface area contributed by atoms with Crippen molar-refractivity contribution >= 4 is 190 Å². The summed E-state index contributed by atoms with van der Waals surface area (Å²) in [5.41, 5.74) is 18.7. The number of hydrogen-bond donors (Lipinski definition) is 24. The molecule has 1 saturated heterocycles. The fourth-order valence-corrected chi connectivity index (χ4v) is 18.5. The van der Waals surface area contributed by atoms with Crippen molar-refractivity contribution in [2.75, 3.05) is 59.4 Å². The Labute approximate surface area is 890 Å². The third-order valence-corrected chi connectivity index (χ3v) is 27.1. The second-order valence-electron chi connectivity index (χ2n) is 38.4. The monoisotopic (exact) mass is 2170 g/mol. The van der Waals surface area contributed by atoms with Crippen LogP contribution in [-0.2, 0) is 109 Å². The molecule has 18 amide bonds. The number of aliphatic hydroxyl groups excluding tert-OH is 1. The van der Waals surface area contributed by atoms with E-state index in [1.165, 1.54) is 56.8 Å². The summed E-state index contributed by atoms with van der Waals surface area (Å²) in [5, 5.41) is 69.1. The van der Waals surface area contributed by atoms with E-state index in [2.05, 4.69) is 113 Å². The second kappa shape index (κ2) is 72.1. The number of aromatic nitrogens is 2. The Morgan fingerprint density at radius 2 is 1.09 bits per heavy atom. The summed E-state index contributed by atoms with van der Waals surface area (Å²) in [4.78, 5) is 273. The van der Waals surface area contributed by atoms with Gasteiger partial charge in [-0.2, -0.15) is 59.7 Å². The Kier molecular flexibility index (Phi) is 64.6. The molecule has 45 nitrogen and oxygen atoms in total. The predicted molar refractivity (Wildman–Crippen MR) is 575 cm³/mol. The summed E-state index contributed by atoms with van der Waals surface area (Å²) in [7, 11) is 0. The number of imidazole rings is 1. The summed E-state index contributed by atoms with van der Waals surface area (Å²) in [6.45, 7) is 25.6. The van der Waals surface area contributed by atoms with Gasteiger partial charge in [0.05, 0.1) is 31.6 Å². The number of benzene rings is 1. The first-order chi connectivity index (χ1) is 69.8. The van der Waals surface area contributed by atoms with E-state index < -0.39 is 210 Å². The van der Waals surface area contributed by atoms with Crippen LogP contribution in [0.3, 0.4) is 0 Å². The number of aliphatic hydroxyl groups is 1. The molecule has 148 heavy (non-hydrogen) atoms. The molecule has 1 aromatic carbocycles.